The van der Waals surface area contributed by atoms with Gasteiger partial charge in [-0.25, -0.2) is 4.98 Å². The molecule has 2 heterocycles. The maximum Gasteiger partial charge on any atom is 0.0922 e. The first kappa shape index (κ1) is 13.7. The molecule has 23 heavy (non-hydrogen) atoms. The molecule has 0 aliphatic rings. The Bertz CT molecular complexity index is 928. The fraction of sp³-hybridized carbons (Fsp3) is 0.100. The van der Waals surface area contributed by atoms with Crippen molar-refractivity contribution in [1.29, 1.82) is 0 Å². The molecule has 2 aromatic heterocycles. The smallest absolute Gasteiger partial charge is 0.0922 e. The Kier molecular flexibility index (Phi) is 3.39. The van der Waals surface area contributed by atoms with Gasteiger partial charge in [-0.05, 0) is 35.7 Å². The van der Waals surface area contributed by atoms with Gasteiger partial charge in [0.2, 0.25) is 0 Å². The van der Waals surface area contributed by atoms with Crippen LogP contribution in [0.15, 0.2) is 73.3 Å². The number of nitrogens with zero attached hydrogens (tertiary/aromatic N) is 2. The minimum Gasteiger partial charge on any atom is -0.348 e. The summed E-state index contributed by atoms with van der Waals surface area (Å²) < 4.78 is 0. The minimum atomic E-state index is 0.117. The summed E-state index contributed by atoms with van der Waals surface area (Å²) >= 11 is 0. The molecule has 1 unspecified atom stereocenters. The Morgan fingerprint density at radius 1 is 0.957 bits per heavy atom. The summed E-state index contributed by atoms with van der Waals surface area (Å²) in [6.45, 7) is 2.16. The van der Waals surface area contributed by atoms with Crippen molar-refractivity contribution in [3.63, 3.8) is 0 Å². The van der Waals surface area contributed by atoms with Gasteiger partial charge in [-0.1, -0.05) is 42.5 Å². The highest BCUT2D eigenvalue weighted by atomic mass is 14.9. The second-order valence-corrected chi connectivity index (χ2v) is 5.72. The lowest BCUT2D eigenvalue weighted by molar-refractivity contribution is 0.931. The summed E-state index contributed by atoms with van der Waals surface area (Å²) in [6, 6.07) is 18.9. The highest BCUT2D eigenvalue weighted by molar-refractivity contribution is 5.85. The molecule has 2 aromatic carbocycles. The Morgan fingerprint density at radius 3 is 2.61 bits per heavy atom. The van der Waals surface area contributed by atoms with Crippen LogP contribution in [0.5, 0.6) is 0 Å². The van der Waals surface area contributed by atoms with Gasteiger partial charge in [-0.2, -0.15) is 0 Å². The molecule has 4 rings (SSSR count). The maximum atomic E-state index is 4.51. The molecule has 0 radical (unpaired) electrons. The summed E-state index contributed by atoms with van der Waals surface area (Å²) in [5.41, 5.74) is 5.90. The number of aryl methyl sites for hydroxylation is 1. The van der Waals surface area contributed by atoms with Crippen LogP contribution in [0.4, 0.5) is 0 Å². The average molecular weight is 299 g/mol. The molecule has 3 nitrogen and oxygen atoms in total. The molecule has 1 N–H and O–H groups in total. The first-order chi connectivity index (χ1) is 11.3. The predicted molar refractivity (Wildman–Crippen MR) is 92.5 cm³/mol. The van der Waals surface area contributed by atoms with Crippen molar-refractivity contribution in [3.8, 4) is 0 Å². The number of H-pyrrole nitrogens is 1. The van der Waals surface area contributed by atoms with Gasteiger partial charge in [0.15, 0.2) is 0 Å². The molecule has 3 heteroatoms. The molecule has 0 spiro atoms. The first-order valence-corrected chi connectivity index (χ1v) is 7.72. The van der Waals surface area contributed by atoms with Crippen LogP contribution in [0, 0.1) is 6.92 Å². The van der Waals surface area contributed by atoms with E-state index in [1.807, 2.05) is 24.5 Å². The number of benzene rings is 2. The number of rotatable bonds is 3. The van der Waals surface area contributed by atoms with Gasteiger partial charge in [-0.3, -0.25) is 4.98 Å². The standard InChI is InChI=1S/C20H17N3/c1-14-9-10-17-16(8-5-11-22-17)19(14)20(18-12-21-13-23-18)15-6-3-2-4-7-15/h2-13,20H,1H3,(H,21,23). The molecule has 0 saturated carbocycles. The van der Waals surface area contributed by atoms with Gasteiger partial charge in [-0.15, -0.1) is 0 Å². The molecule has 0 fully saturated rings. The van der Waals surface area contributed by atoms with Crippen molar-refractivity contribution in [2.24, 2.45) is 0 Å². The Balaban J connectivity index is 2.03. The van der Waals surface area contributed by atoms with Crippen LogP contribution in [0.2, 0.25) is 0 Å². The topological polar surface area (TPSA) is 41.6 Å². The molecule has 0 amide bonds. The number of pyridine rings is 1. The second-order valence-electron chi connectivity index (χ2n) is 5.72. The first-order valence-electron chi connectivity index (χ1n) is 7.72. The van der Waals surface area contributed by atoms with E-state index in [0.29, 0.717) is 0 Å². The molecule has 0 bridgehead atoms. The van der Waals surface area contributed by atoms with Gasteiger partial charge in [0.05, 0.1) is 17.8 Å². The third-order valence-corrected chi connectivity index (χ3v) is 4.30. The van der Waals surface area contributed by atoms with E-state index in [4.69, 9.17) is 0 Å². The summed E-state index contributed by atoms with van der Waals surface area (Å²) in [5.74, 6) is 0.117. The lowest BCUT2D eigenvalue weighted by Gasteiger charge is -2.21. The van der Waals surface area contributed by atoms with Gasteiger partial charge in [0, 0.05) is 23.5 Å². The quantitative estimate of drug-likeness (QED) is 0.607. The van der Waals surface area contributed by atoms with E-state index < -0.39 is 0 Å². The number of hydrogen-bond acceptors (Lipinski definition) is 2. The molecular weight excluding hydrogens is 282 g/mol. The van der Waals surface area contributed by atoms with Crippen LogP contribution in [0.3, 0.4) is 0 Å². The van der Waals surface area contributed by atoms with Gasteiger partial charge < -0.3 is 4.98 Å². The lowest BCUT2D eigenvalue weighted by Crippen LogP contribution is -2.07. The van der Waals surface area contributed by atoms with E-state index in [9.17, 15) is 0 Å². The zero-order valence-corrected chi connectivity index (χ0v) is 12.9. The van der Waals surface area contributed by atoms with Gasteiger partial charge in [0.25, 0.3) is 0 Å². The predicted octanol–water partition coefficient (Wildman–Crippen LogP) is 4.45. The Labute approximate surface area is 135 Å². The lowest BCUT2D eigenvalue weighted by atomic mass is 9.84. The number of fused-ring (bicyclic) bond motifs is 1. The van der Waals surface area contributed by atoms with Crippen LogP contribution < -0.4 is 0 Å². The fourth-order valence-corrected chi connectivity index (χ4v) is 3.24. The van der Waals surface area contributed by atoms with Crippen molar-refractivity contribution in [2.45, 2.75) is 12.8 Å². The molecule has 4 aromatic rings. The Morgan fingerprint density at radius 2 is 1.83 bits per heavy atom. The van der Waals surface area contributed by atoms with E-state index in [-0.39, 0.29) is 5.92 Å². The van der Waals surface area contributed by atoms with Crippen LogP contribution in [-0.4, -0.2) is 15.0 Å². The van der Waals surface area contributed by atoms with Gasteiger partial charge >= 0.3 is 0 Å². The fourth-order valence-electron chi connectivity index (χ4n) is 3.24. The van der Waals surface area contributed by atoms with E-state index in [2.05, 4.69) is 64.3 Å². The van der Waals surface area contributed by atoms with Crippen molar-refractivity contribution < 1.29 is 0 Å². The highest BCUT2D eigenvalue weighted by Crippen LogP contribution is 2.36. The minimum absolute atomic E-state index is 0.117. The third-order valence-electron chi connectivity index (χ3n) is 4.30. The molecule has 1 atom stereocenters. The van der Waals surface area contributed by atoms with Crippen molar-refractivity contribution in [3.05, 3.63) is 95.7 Å². The normalized spacial score (nSPS) is 12.4. The monoisotopic (exact) mass is 299 g/mol. The van der Waals surface area contributed by atoms with Crippen LogP contribution in [-0.2, 0) is 0 Å². The Hall–Kier alpha value is -2.94. The number of aromatic nitrogens is 3. The number of imidazole rings is 1. The molecule has 0 aliphatic heterocycles. The third kappa shape index (κ3) is 2.40. The largest absolute Gasteiger partial charge is 0.348 e. The molecular formula is C20H17N3. The van der Waals surface area contributed by atoms with E-state index in [1.54, 1.807) is 6.33 Å². The van der Waals surface area contributed by atoms with E-state index in [0.717, 1.165) is 11.2 Å². The highest BCUT2D eigenvalue weighted by Gasteiger charge is 2.22. The van der Waals surface area contributed by atoms with Gasteiger partial charge in [0.1, 0.15) is 0 Å². The summed E-state index contributed by atoms with van der Waals surface area (Å²) in [4.78, 5) is 12.0. The van der Waals surface area contributed by atoms with E-state index >= 15 is 0 Å². The summed E-state index contributed by atoms with van der Waals surface area (Å²) in [5, 5.41) is 1.19. The average Bonchev–Trinajstić information content (AvgIpc) is 3.12. The summed E-state index contributed by atoms with van der Waals surface area (Å²) in [7, 11) is 0. The van der Waals surface area contributed by atoms with Crippen LogP contribution >= 0.6 is 0 Å². The van der Waals surface area contributed by atoms with Crippen molar-refractivity contribution in [1.82, 2.24) is 15.0 Å². The second kappa shape index (κ2) is 5.69. The molecule has 112 valence electrons. The zero-order valence-electron chi connectivity index (χ0n) is 12.9. The number of hydrogen-bond donors (Lipinski definition) is 1. The summed E-state index contributed by atoms with van der Waals surface area (Å²) in [6.07, 6.45) is 5.49. The number of aromatic amines is 1. The van der Waals surface area contributed by atoms with Crippen LogP contribution in [0.1, 0.15) is 28.3 Å². The maximum absolute atomic E-state index is 4.51. The SMILES string of the molecule is Cc1ccc2ncccc2c1C(c1ccccc1)c1cnc[nH]1. The number of nitrogens with one attached hydrogen (secondary N) is 1. The van der Waals surface area contributed by atoms with Crippen molar-refractivity contribution in [2.75, 3.05) is 0 Å². The molecule has 0 aliphatic carbocycles. The van der Waals surface area contributed by atoms with E-state index in [1.165, 1.54) is 22.1 Å². The van der Waals surface area contributed by atoms with Crippen LogP contribution in [0.25, 0.3) is 10.9 Å². The molecule has 0 saturated heterocycles. The zero-order chi connectivity index (χ0) is 15.6. The van der Waals surface area contributed by atoms with Crippen molar-refractivity contribution >= 4 is 10.9 Å².